The van der Waals surface area contributed by atoms with Gasteiger partial charge in [0, 0.05) is 10.0 Å². The monoisotopic (exact) mass is 402 g/mol. The molecule has 6 nitrogen and oxygen atoms in total. The lowest BCUT2D eigenvalue weighted by atomic mass is 9.63. The summed E-state index contributed by atoms with van der Waals surface area (Å²) in [5.74, 6) is 0.782. The fraction of sp³-hybridized carbons (Fsp3) is 0.389. The number of allylic oxidation sites excluding steroid dienone is 2. The molecule has 2 amide bonds. The summed E-state index contributed by atoms with van der Waals surface area (Å²) in [7, 11) is 0. The Morgan fingerprint density at radius 1 is 1.04 bits per heavy atom. The highest BCUT2D eigenvalue weighted by Crippen LogP contribution is 2.49. The number of imide groups is 1. The molecule has 0 aromatic heterocycles. The lowest BCUT2D eigenvalue weighted by molar-refractivity contribution is -0.140. The second-order valence-corrected chi connectivity index (χ2v) is 7.66. The molecule has 1 saturated heterocycles. The summed E-state index contributed by atoms with van der Waals surface area (Å²) in [4.78, 5) is 25.5. The van der Waals surface area contributed by atoms with Crippen molar-refractivity contribution in [2.45, 2.75) is 12.8 Å². The molecule has 0 spiro atoms. The standard InChI is InChI=1S/C18H15BrN2O4/c19-12-6-14-13(24-8-25-14)5-11(12)7-20-21-17(22)15-9-1-2-10(4-3-9)16(15)18(21)23/h1-2,5-7,9-10,15-16H,3-4,8H2/b20-7-/t9-,10-,15+,16+/m0/s1. The molecule has 6 rings (SSSR count). The Morgan fingerprint density at radius 2 is 1.64 bits per heavy atom. The van der Waals surface area contributed by atoms with Gasteiger partial charge >= 0.3 is 0 Å². The maximum absolute atomic E-state index is 12.7. The van der Waals surface area contributed by atoms with Crippen LogP contribution in [0, 0.1) is 23.7 Å². The van der Waals surface area contributed by atoms with E-state index in [-0.39, 0.29) is 42.3 Å². The molecule has 128 valence electrons. The van der Waals surface area contributed by atoms with Crippen LogP contribution < -0.4 is 9.47 Å². The van der Waals surface area contributed by atoms with E-state index in [1.165, 1.54) is 6.21 Å². The first-order valence-electron chi connectivity index (χ1n) is 8.33. The van der Waals surface area contributed by atoms with Crippen molar-refractivity contribution in [2.75, 3.05) is 6.79 Å². The predicted molar refractivity (Wildman–Crippen MR) is 92.0 cm³/mol. The number of hydrogen-bond donors (Lipinski definition) is 0. The third kappa shape index (κ3) is 2.18. The molecule has 25 heavy (non-hydrogen) atoms. The molecule has 0 unspecified atom stereocenters. The number of nitrogens with zero attached hydrogens (tertiary/aromatic N) is 2. The smallest absolute Gasteiger partial charge is 0.254 e. The van der Waals surface area contributed by atoms with Crippen molar-refractivity contribution in [3.63, 3.8) is 0 Å². The number of ether oxygens (including phenoxy) is 2. The van der Waals surface area contributed by atoms with E-state index < -0.39 is 0 Å². The molecule has 0 radical (unpaired) electrons. The van der Waals surface area contributed by atoms with E-state index in [1.54, 1.807) is 12.1 Å². The molecule has 4 atom stereocenters. The third-order valence-electron chi connectivity index (χ3n) is 5.54. The second kappa shape index (κ2) is 5.42. The van der Waals surface area contributed by atoms with Gasteiger partial charge in [0.1, 0.15) is 0 Å². The van der Waals surface area contributed by atoms with Gasteiger partial charge in [0.25, 0.3) is 11.8 Å². The maximum Gasteiger partial charge on any atom is 0.254 e. The molecule has 2 heterocycles. The van der Waals surface area contributed by atoms with Crippen molar-refractivity contribution in [3.8, 4) is 11.5 Å². The van der Waals surface area contributed by atoms with Gasteiger partial charge in [-0.3, -0.25) is 9.59 Å². The van der Waals surface area contributed by atoms with E-state index in [9.17, 15) is 9.59 Å². The van der Waals surface area contributed by atoms with Crippen LogP contribution in [0.3, 0.4) is 0 Å². The minimum absolute atomic E-state index is 0.170. The van der Waals surface area contributed by atoms with Crippen molar-refractivity contribution < 1.29 is 19.1 Å². The number of hydrogen-bond acceptors (Lipinski definition) is 5. The van der Waals surface area contributed by atoms with Gasteiger partial charge < -0.3 is 9.47 Å². The molecule has 3 aliphatic carbocycles. The molecule has 1 saturated carbocycles. The zero-order valence-corrected chi connectivity index (χ0v) is 14.8. The van der Waals surface area contributed by atoms with Crippen molar-refractivity contribution in [1.29, 1.82) is 0 Å². The average molecular weight is 403 g/mol. The Morgan fingerprint density at radius 3 is 2.24 bits per heavy atom. The van der Waals surface area contributed by atoms with E-state index >= 15 is 0 Å². The van der Waals surface area contributed by atoms with Gasteiger partial charge in [0.05, 0.1) is 18.1 Å². The summed E-state index contributed by atoms with van der Waals surface area (Å²) in [5.41, 5.74) is 0.723. The fourth-order valence-electron chi connectivity index (χ4n) is 4.32. The Labute approximate surface area is 152 Å². The molecule has 7 heteroatoms. The van der Waals surface area contributed by atoms with Crippen LogP contribution in [0.2, 0.25) is 0 Å². The number of hydrazone groups is 1. The van der Waals surface area contributed by atoms with Gasteiger partial charge in [-0.25, -0.2) is 0 Å². The van der Waals surface area contributed by atoms with Gasteiger partial charge in [-0.1, -0.05) is 12.2 Å². The molecule has 2 aliphatic heterocycles. The van der Waals surface area contributed by atoms with Gasteiger partial charge in [-0.2, -0.15) is 10.1 Å². The van der Waals surface area contributed by atoms with Crippen LogP contribution in [0.1, 0.15) is 18.4 Å². The topological polar surface area (TPSA) is 68.2 Å². The van der Waals surface area contributed by atoms with Gasteiger partial charge in [0.2, 0.25) is 6.79 Å². The number of fused-ring (bicyclic) bond motifs is 2. The summed E-state index contributed by atoms with van der Waals surface area (Å²) in [6.45, 7) is 0.185. The number of carbonyl (C=O) groups excluding carboxylic acids is 2. The van der Waals surface area contributed by atoms with E-state index in [0.29, 0.717) is 11.5 Å². The highest BCUT2D eigenvalue weighted by Gasteiger charge is 2.56. The third-order valence-corrected chi connectivity index (χ3v) is 6.23. The SMILES string of the molecule is O=C1[C@H]2[C@H](C(=O)N1/N=C\c1cc3c(cc1Br)OCO3)[C@H]1C=C[C@H]2CC1. The summed E-state index contributed by atoms with van der Waals surface area (Å²) in [6.07, 6.45) is 7.68. The first-order valence-corrected chi connectivity index (χ1v) is 9.12. The van der Waals surface area contributed by atoms with Crippen LogP contribution in [-0.4, -0.2) is 29.8 Å². The Kier molecular flexibility index (Phi) is 3.28. The maximum atomic E-state index is 12.7. The quantitative estimate of drug-likeness (QED) is 0.433. The largest absolute Gasteiger partial charge is 0.454 e. The van der Waals surface area contributed by atoms with Crippen LogP contribution >= 0.6 is 15.9 Å². The van der Waals surface area contributed by atoms with Crippen molar-refractivity contribution >= 4 is 34.0 Å². The van der Waals surface area contributed by atoms with Gasteiger partial charge in [-0.05, 0) is 52.7 Å². The van der Waals surface area contributed by atoms with Gasteiger partial charge in [-0.15, -0.1) is 0 Å². The van der Waals surface area contributed by atoms with E-state index in [2.05, 4.69) is 33.2 Å². The minimum Gasteiger partial charge on any atom is -0.454 e. The number of amides is 2. The molecule has 5 aliphatic rings. The lowest BCUT2D eigenvalue weighted by Gasteiger charge is -2.37. The Hall–Kier alpha value is -2.15. The van der Waals surface area contributed by atoms with E-state index in [0.717, 1.165) is 27.9 Å². The number of benzene rings is 1. The fourth-order valence-corrected chi connectivity index (χ4v) is 4.75. The van der Waals surface area contributed by atoms with Gasteiger partial charge in [0.15, 0.2) is 11.5 Å². The number of carbonyl (C=O) groups is 2. The van der Waals surface area contributed by atoms with Crippen LogP contribution in [0.5, 0.6) is 11.5 Å². The molecular weight excluding hydrogens is 388 g/mol. The molecule has 1 aromatic rings. The number of rotatable bonds is 2. The molecular formula is C18H15BrN2O4. The van der Waals surface area contributed by atoms with Crippen molar-refractivity contribution in [3.05, 3.63) is 34.3 Å². The highest BCUT2D eigenvalue weighted by molar-refractivity contribution is 9.10. The molecule has 1 aromatic carbocycles. The van der Waals surface area contributed by atoms with E-state index in [1.807, 2.05) is 0 Å². The molecule has 2 fully saturated rings. The van der Waals surface area contributed by atoms with Crippen molar-refractivity contribution in [2.24, 2.45) is 28.8 Å². The number of halogens is 1. The lowest BCUT2D eigenvalue weighted by Crippen LogP contribution is -2.38. The Balaban J connectivity index is 1.44. The molecule has 0 N–H and O–H groups in total. The highest BCUT2D eigenvalue weighted by atomic mass is 79.9. The first-order chi connectivity index (χ1) is 12.1. The van der Waals surface area contributed by atoms with Crippen LogP contribution in [-0.2, 0) is 9.59 Å². The van der Waals surface area contributed by atoms with E-state index in [4.69, 9.17) is 9.47 Å². The van der Waals surface area contributed by atoms with Crippen LogP contribution in [0.25, 0.3) is 0 Å². The Bertz CT molecular complexity index is 818. The second-order valence-electron chi connectivity index (χ2n) is 6.80. The van der Waals surface area contributed by atoms with Crippen LogP contribution in [0.15, 0.2) is 33.9 Å². The average Bonchev–Trinajstić information content (AvgIpc) is 3.18. The zero-order valence-electron chi connectivity index (χ0n) is 13.2. The summed E-state index contributed by atoms with van der Waals surface area (Å²) < 4.78 is 11.4. The molecule has 2 bridgehead atoms. The summed E-state index contributed by atoms with van der Waals surface area (Å²) in [5, 5.41) is 5.28. The summed E-state index contributed by atoms with van der Waals surface area (Å²) in [6, 6.07) is 3.57. The van der Waals surface area contributed by atoms with Crippen molar-refractivity contribution in [1.82, 2.24) is 5.01 Å². The minimum atomic E-state index is -0.242. The summed E-state index contributed by atoms with van der Waals surface area (Å²) >= 11 is 3.45. The normalized spacial score (nSPS) is 32.1. The first kappa shape index (κ1) is 15.1. The zero-order chi connectivity index (χ0) is 17.1. The predicted octanol–water partition coefficient (Wildman–Crippen LogP) is 2.71. The van der Waals surface area contributed by atoms with Crippen LogP contribution in [0.4, 0.5) is 0 Å².